The van der Waals surface area contributed by atoms with Gasteiger partial charge in [-0.1, -0.05) is 30.3 Å². The van der Waals surface area contributed by atoms with Crippen molar-refractivity contribution in [2.75, 3.05) is 30.8 Å². The summed E-state index contributed by atoms with van der Waals surface area (Å²) in [6.07, 6.45) is 0.663. The molecule has 3 rings (SSSR count). The molecule has 3 aromatic carbocycles. The van der Waals surface area contributed by atoms with Gasteiger partial charge in [0.25, 0.3) is 11.6 Å². The van der Waals surface area contributed by atoms with Crippen LogP contribution in [0.15, 0.2) is 66.7 Å². The van der Waals surface area contributed by atoms with Crippen LogP contribution in [0.1, 0.15) is 21.5 Å². The van der Waals surface area contributed by atoms with Crippen molar-refractivity contribution in [1.82, 2.24) is 5.32 Å². The van der Waals surface area contributed by atoms with Crippen LogP contribution in [0.4, 0.5) is 17.1 Å². The molecule has 0 atom stereocenters. The Morgan fingerprint density at radius 2 is 1.68 bits per heavy atom. The maximum atomic E-state index is 12.7. The Balaban J connectivity index is 1.56. The van der Waals surface area contributed by atoms with Crippen LogP contribution in [-0.4, -0.2) is 36.9 Å². The first-order chi connectivity index (χ1) is 16.4. The minimum Gasteiger partial charge on any atom is -0.497 e. The normalized spacial score (nSPS) is 10.3. The third-order valence-electron chi connectivity index (χ3n) is 5.25. The molecule has 9 nitrogen and oxygen atoms in total. The number of hydrogen-bond acceptors (Lipinski definition) is 6. The van der Waals surface area contributed by atoms with E-state index in [9.17, 15) is 19.7 Å². The van der Waals surface area contributed by atoms with Gasteiger partial charge in [0, 0.05) is 18.3 Å². The van der Waals surface area contributed by atoms with E-state index in [0.717, 1.165) is 11.3 Å². The van der Waals surface area contributed by atoms with Gasteiger partial charge < -0.3 is 20.7 Å². The quantitative estimate of drug-likeness (QED) is 0.310. The number of ether oxygens (including phenoxy) is 1. The summed E-state index contributed by atoms with van der Waals surface area (Å²) in [7, 11) is 1.61. The molecular weight excluding hydrogens is 436 g/mol. The number of methoxy groups -OCH3 is 1. The number of nitrogens with zero attached hydrogens (tertiary/aromatic N) is 1. The van der Waals surface area contributed by atoms with Crippen molar-refractivity contribution in [1.29, 1.82) is 0 Å². The molecule has 3 N–H and O–H groups in total. The second kappa shape index (κ2) is 11.5. The van der Waals surface area contributed by atoms with Gasteiger partial charge in [0.2, 0.25) is 5.91 Å². The van der Waals surface area contributed by atoms with Gasteiger partial charge in [0.1, 0.15) is 5.75 Å². The van der Waals surface area contributed by atoms with Crippen molar-refractivity contribution < 1.29 is 19.2 Å². The lowest BCUT2D eigenvalue weighted by Gasteiger charge is -2.13. The van der Waals surface area contributed by atoms with Gasteiger partial charge in [-0.3, -0.25) is 19.7 Å². The van der Waals surface area contributed by atoms with E-state index in [4.69, 9.17) is 4.74 Å². The highest BCUT2D eigenvalue weighted by Crippen LogP contribution is 2.25. The number of anilines is 2. The minimum atomic E-state index is -0.493. The monoisotopic (exact) mass is 462 g/mol. The first-order valence-electron chi connectivity index (χ1n) is 10.7. The van der Waals surface area contributed by atoms with Gasteiger partial charge in [-0.15, -0.1) is 0 Å². The van der Waals surface area contributed by atoms with Crippen LogP contribution in [0.25, 0.3) is 0 Å². The summed E-state index contributed by atoms with van der Waals surface area (Å²) >= 11 is 0. The molecule has 0 fully saturated rings. The molecule has 0 saturated carbocycles. The van der Waals surface area contributed by atoms with Crippen molar-refractivity contribution in [2.45, 2.75) is 13.3 Å². The molecule has 0 aliphatic heterocycles. The van der Waals surface area contributed by atoms with Crippen LogP contribution in [0.5, 0.6) is 5.75 Å². The average molecular weight is 463 g/mol. The standard InChI is InChI=1S/C25H26N4O5/c1-17-21(8-5-9-23(17)29(32)33)28-24(30)16-27-22-7-4-3-6-20(22)25(31)26-15-14-18-10-12-19(34-2)13-11-18/h3-13,27H,14-16H2,1-2H3,(H,26,31)(H,28,30). The Kier molecular flexibility index (Phi) is 8.17. The zero-order chi connectivity index (χ0) is 24.5. The number of carbonyl (C=O) groups is 2. The van der Waals surface area contributed by atoms with Crippen LogP contribution < -0.4 is 20.7 Å². The van der Waals surface area contributed by atoms with Crippen molar-refractivity contribution in [2.24, 2.45) is 0 Å². The maximum Gasteiger partial charge on any atom is 0.274 e. The number of nitrogens with one attached hydrogen (secondary N) is 3. The van der Waals surface area contributed by atoms with Crippen LogP contribution in [0, 0.1) is 17.0 Å². The lowest BCUT2D eigenvalue weighted by atomic mass is 10.1. The van der Waals surface area contributed by atoms with Crippen LogP contribution in [0.3, 0.4) is 0 Å². The number of hydrogen-bond donors (Lipinski definition) is 3. The topological polar surface area (TPSA) is 123 Å². The first kappa shape index (κ1) is 24.2. The SMILES string of the molecule is COc1ccc(CCNC(=O)c2ccccc2NCC(=O)Nc2cccc([N+](=O)[O-])c2C)cc1. The number of rotatable bonds is 10. The molecule has 34 heavy (non-hydrogen) atoms. The van der Waals surface area contributed by atoms with E-state index >= 15 is 0 Å². The summed E-state index contributed by atoms with van der Waals surface area (Å²) in [6.45, 7) is 1.91. The van der Waals surface area contributed by atoms with Gasteiger partial charge in [-0.05, 0) is 49.2 Å². The molecule has 2 amide bonds. The predicted octanol–water partition coefficient (Wildman–Crippen LogP) is 3.93. The number of nitro benzene ring substituents is 1. The molecular formula is C25H26N4O5. The molecule has 0 aliphatic rings. The van der Waals surface area contributed by atoms with Crippen molar-refractivity contribution >= 4 is 28.9 Å². The molecule has 0 saturated heterocycles. The van der Waals surface area contributed by atoms with E-state index in [1.165, 1.54) is 12.1 Å². The fraction of sp³-hybridized carbons (Fsp3) is 0.200. The molecule has 3 aromatic rings. The van der Waals surface area contributed by atoms with Crippen LogP contribution in [0.2, 0.25) is 0 Å². The Hall–Kier alpha value is -4.40. The van der Waals surface area contributed by atoms with E-state index in [0.29, 0.717) is 35.5 Å². The van der Waals surface area contributed by atoms with Gasteiger partial charge in [-0.25, -0.2) is 0 Å². The third-order valence-corrected chi connectivity index (χ3v) is 5.25. The lowest BCUT2D eigenvalue weighted by Crippen LogP contribution is -2.28. The number of para-hydroxylation sites is 1. The second-order valence-electron chi connectivity index (χ2n) is 7.51. The fourth-order valence-electron chi connectivity index (χ4n) is 3.37. The smallest absolute Gasteiger partial charge is 0.274 e. The molecule has 0 aliphatic carbocycles. The van der Waals surface area contributed by atoms with Gasteiger partial charge >= 0.3 is 0 Å². The first-order valence-corrected chi connectivity index (χ1v) is 10.7. The Labute approximate surface area is 197 Å². The molecule has 0 spiro atoms. The summed E-state index contributed by atoms with van der Waals surface area (Å²) in [5, 5.41) is 19.6. The summed E-state index contributed by atoms with van der Waals surface area (Å²) in [6, 6.07) is 19.0. The van der Waals surface area contributed by atoms with Crippen molar-refractivity contribution in [3.8, 4) is 5.75 Å². The second-order valence-corrected chi connectivity index (χ2v) is 7.51. The third kappa shape index (κ3) is 6.32. The van der Waals surface area contributed by atoms with E-state index < -0.39 is 10.8 Å². The highest BCUT2D eigenvalue weighted by atomic mass is 16.6. The Bertz CT molecular complexity index is 1180. The largest absolute Gasteiger partial charge is 0.497 e. The number of nitro groups is 1. The fourth-order valence-corrected chi connectivity index (χ4v) is 3.37. The van der Waals surface area contributed by atoms with Gasteiger partial charge in [-0.2, -0.15) is 0 Å². The molecule has 0 bridgehead atoms. The Morgan fingerprint density at radius 1 is 0.971 bits per heavy atom. The minimum absolute atomic E-state index is 0.0672. The lowest BCUT2D eigenvalue weighted by molar-refractivity contribution is -0.385. The molecule has 0 unspecified atom stereocenters. The highest BCUT2D eigenvalue weighted by molar-refractivity contribution is 6.01. The summed E-state index contributed by atoms with van der Waals surface area (Å²) in [4.78, 5) is 35.7. The summed E-state index contributed by atoms with van der Waals surface area (Å²) in [5.74, 6) is 0.127. The molecule has 0 aromatic heterocycles. The molecule has 0 heterocycles. The number of benzene rings is 3. The number of carbonyl (C=O) groups excluding carboxylic acids is 2. The molecule has 176 valence electrons. The van der Waals surface area contributed by atoms with Gasteiger partial charge in [0.05, 0.1) is 35.4 Å². The van der Waals surface area contributed by atoms with E-state index in [2.05, 4.69) is 16.0 Å². The zero-order valence-electron chi connectivity index (χ0n) is 19.0. The van der Waals surface area contributed by atoms with Crippen molar-refractivity contribution in [3.05, 3.63) is 93.5 Å². The maximum absolute atomic E-state index is 12.7. The van der Waals surface area contributed by atoms with Gasteiger partial charge in [0.15, 0.2) is 0 Å². The summed E-state index contributed by atoms with van der Waals surface area (Å²) in [5.41, 5.74) is 2.66. The molecule has 9 heteroatoms. The summed E-state index contributed by atoms with van der Waals surface area (Å²) < 4.78 is 5.14. The number of amides is 2. The Morgan fingerprint density at radius 3 is 2.38 bits per heavy atom. The van der Waals surface area contributed by atoms with Crippen molar-refractivity contribution in [3.63, 3.8) is 0 Å². The molecule has 0 radical (unpaired) electrons. The average Bonchev–Trinajstić information content (AvgIpc) is 2.84. The van der Waals surface area contributed by atoms with E-state index in [-0.39, 0.29) is 18.1 Å². The van der Waals surface area contributed by atoms with E-state index in [1.54, 1.807) is 44.4 Å². The van der Waals surface area contributed by atoms with Crippen LogP contribution in [-0.2, 0) is 11.2 Å². The highest BCUT2D eigenvalue weighted by Gasteiger charge is 2.16. The van der Waals surface area contributed by atoms with Crippen LogP contribution >= 0.6 is 0 Å². The zero-order valence-corrected chi connectivity index (χ0v) is 19.0. The van der Waals surface area contributed by atoms with E-state index in [1.807, 2.05) is 24.3 Å². The predicted molar refractivity (Wildman–Crippen MR) is 130 cm³/mol.